The molecular formula is C13H20N2O3. The highest BCUT2D eigenvalue weighted by Crippen LogP contribution is 2.12. The van der Waals surface area contributed by atoms with E-state index in [1.165, 1.54) is 5.56 Å². The molecule has 18 heavy (non-hydrogen) atoms. The van der Waals surface area contributed by atoms with Crippen LogP contribution in [0.2, 0.25) is 0 Å². The minimum Gasteiger partial charge on any atom is -0.489 e. The van der Waals surface area contributed by atoms with Crippen LogP contribution in [0.4, 0.5) is 4.79 Å². The van der Waals surface area contributed by atoms with Gasteiger partial charge < -0.3 is 20.5 Å². The van der Waals surface area contributed by atoms with Gasteiger partial charge in [-0.1, -0.05) is 17.7 Å². The van der Waals surface area contributed by atoms with E-state index in [2.05, 4.69) is 10.6 Å². The molecule has 0 fully saturated rings. The van der Waals surface area contributed by atoms with Crippen molar-refractivity contribution < 1.29 is 14.6 Å². The predicted octanol–water partition coefficient (Wildman–Crippen LogP) is 1.05. The van der Waals surface area contributed by atoms with Crippen LogP contribution >= 0.6 is 0 Å². The molecule has 0 aromatic heterocycles. The molecule has 5 nitrogen and oxygen atoms in total. The van der Waals surface area contributed by atoms with Gasteiger partial charge in [0.05, 0.1) is 13.2 Å². The van der Waals surface area contributed by atoms with Gasteiger partial charge in [-0.2, -0.15) is 0 Å². The molecule has 5 heteroatoms. The van der Waals surface area contributed by atoms with E-state index in [4.69, 9.17) is 9.84 Å². The summed E-state index contributed by atoms with van der Waals surface area (Å²) in [4.78, 5) is 11.2. The van der Waals surface area contributed by atoms with Crippen LogP contribution in [0.15, 0.2) is 24.3 Å². The van der Waals surface area contributed by atoms with E-state index in [1.54, 1.807) is 0 Å². The number of aliphatic hydroxyl groups excluding tert-OH is 1. The molecule has 1 unspecified atom stereocenters. The van der Waals surface area contributed by atoms with Crippen molar-refractivity contribution in [3.05, 3.63) is 29.8 Å². The molecule has 0 aliphatic carbocycles. The second kappa shape index (κ2) is 7.55. The first-order valence-corrected chi connectivity index (χ1v) is 5.97. The van der Waals surface area contributed by atoms with Gasteiger partial charge in [-0.05, 0) is 26.0 Å². The van der Waals surface area contributed by atoms with Gasteiger partial charge in [0.15, 0.2) is 0 Å². The largest absolute Gasteiger partial charge is 0.489 e. The molecule has 0 bridgehead atoms. The van der Waals surface area contributed by atoms with Gasteiger partial charge in [0.1, 0.15) is 11.9 Å². The number of benzene rings is 1. The summed E-state index contributed by atoms with van der Waals surface area (Å²) < 4.78 is 5.63. The number of carbonyl (C=O) groups excluding carboxylic acids is 1. The van der Waals surface area contributed by atoms with Crippen LogP contribution in [0.25, 0.3) is 0 Å². The molecule has 0 aliphatic rings. The molecule has 1 rings (SSSR count). The highest BCUT2D eigenvalue weighted by Gasteiger charge is 2.06. The molecule has 0 saturated carbocycles. The van der Waals surface area contributed by atoms with Gasteiger partial charge in [-0.15, -0.1) is 0 Å². The third-order valence-corrected chi connectivity index (χ3v) is 2.31. The van der Waals surface area contributed by atoms with E-state index in [0.29, 0.717) is 6.54 Å². The second-order valence-corrected chi connectivity index (χ2v) is 4.10. The fourth-order valence-electron chi connectivity index (χ4n) is 1.36. The van der Waals surface area contributed by atoms with E-state index in [9.17, 15) is 4.79 Å². The summed E-state index contributed by atoms with van der Waals surface area (Å²) in [5, 5.41) is 13.7. The van der Waals surface area contributed by atoms with Crippen molar-refractivity contribution in [2.24, 2.45) is 0 Å². The van der Waals surface area contributed by atoms with E-state index in [-0.39, 0.29) is 25.3 Å². The summed E-state index contributed by atoms with van der Waals surface area (Å²) in [5.74, 6) is 0.783. The Hall–Kier alpha value is -1.75. The second-order valence-electron chi connectivity index (χ2n) is 4.10. The first-order valence-electron chi connectivity index (χ1n) is 5.97. The number of amides is 2. The van der Waals surface area contributed by atoms with Gasteiger partial charge in [0.2, 0.25) is 0 Å². The number of ether oxygens (including phenoxy) is 1. The Morgan fingerprint density at radius 2 is 2.00 bits per heavy atom. The number of nitrogens with one attached hydrogen (secondary N) is 2. The fourth-order valence-corrected chi connectivity index (χ4v) is 1.36. The molecule has 1 atom stereocenters. The van der Waals surface area contributed by atoms with Crippen LogP contribution in [-0.4, -0.2) is 36.9 Å². The van der Waals surface area contributed by atoms with Crippen molar-refractivity contribution in [1.29, 1.82) is 0 Å². The molecule has 2 amide bonds. The van der Waals surface area contributed by atoms with Crippen molar-refractivity contribution in [1.82, 2.24) is 10.6 Å². The summed E-state index contributed by atoms with van der Waals surface area (Å²) in [6, 6.07) is 7.45. The average molecular weight is 252 g/mol. The topological polar surface area (TPSA) is 70.6 Å². The zero-order valence-corrected chi connectivity index (χ0v) is 10.8. The van der Waals surface area contributed by atoms with Crippen LogP contribution in [0.5, 0.6) is 5.75 Å². The van der Waals surface area contributed by atoms with Gasteiger partial charge in [0.25, 0.3) is 0 Å². The SMILES string of the molecule is Cc1ccc(OC(C)CNC(=O)NCCO)cc1. The monoisotopic (exact) mass is 252 g/mol. The van der Waals surface area contributed by atoms with Crippen LogP contribution < -0.4 is 15.4 Å². The van der Waals surface area contributed by atoms with Crippen molar-refractivity contribution in [2.45, 2.75) is 20.0 Å². The Bertz CT molecular complexity index is 365. The minimum atomic E-state index is -0.302. The number of aliphatic hydroxyl groups is 1. The average Bonchev–Trinajstić information content (AvgIpc) is 2.36. The Balaban J connectivity index is 2.27. The number of hydrogen-bond donors (Lipinski definition) is 3. The summed E-state index contributed by atoms with van der Waals surface area (Å²) in [7, 11) is 0. The molecule has 0 aliphatic heterocycles. The van der Waals surface area contributed by atoms with Gasteiger partial charge in [-0.3, -0.25) is 0 Å². The molecule has 0 radical (unpaired) electrons. The first-order chi connectivity index (χ1) is 8.61. The van der Waals surface area contributed by atoms with Crippen LogP contribution in [0, 0.1) is 6.92 Å². The molecule has 1 aromatic rings. The number of aryl methyl sites for hydroxylation is 1. The Kier molecular flexibility index (Phi) is 6.00. The quantitative estimate of drug-likeness (QED) is 0.709. The summed E-state index contributed by atoms with van der Waals surface area (Å²) in [5.41, 5.74) is 1.18. The highest BCUT2D eigenvalue weighted by atomic mass is 16.5. The van der Waals surface area contributed by atoms with E-state index in [0.717, 1.165) is 5.75 Å². The number of urea groups is 1. The van der Waals surface area contributed by atoms with Crippen molar-refractivity contribution >= 4 is 6.03 Å². The van der Waals surface area contributed by atoms with E-state index >= 15 is 0 Å². The summed E-state index contributed by atoms with van der Waals surface area (Å²) >= 11 is 0. The smallest absolute Gasteiger partial charge is 0.315 e. The lowest BCUT2D eigenvalue weighted by molar-refractivity contribution is 0.206. The number of rotatable bonds is 6. The molecular weight excluding hydrogens is 232 g/mol. The molecule has 0 heterocycles. The number of hydrogen-bond acceptors (Lipinski definition) is 3. The lowest BCUT2D eigenvalue weighted by Crippen LogP contribution is -2.41. The standard InChI is InChI=1S/C13H20N2O3/c1-10-3-5-12(6-4-10)18-11(2)9-15-13(17)14-7-8-16/h3-6,11,16H,7-9H2,1-2H3,(H2,14,15,17). The third-order valence-electron chi connectivity index (χ3n) is 2.31. The maximum atomic E-state index is 11.2. The Morgan fingerprint density at radius 1 is 1.33 bits per heavy atom. The lowest BCUT2D eigenvalue weighted by atomic mass is 10.2. The van der Waals surface area contributed by atoms with Crippen molar-refractivity contribution in [3.8, 4) is 5.75 Å². The summed E-state index contributed by atoms with van der Waals surface area (Å²) in [6.07, 6.45) is -0.118. The van der Waals surface area contributed by atoms with Crippen LogP contribution in [-0.2, 0) is 0 Å². The number of carbonyl (C=O) groups is 1. The normalized spacial score (nSPS) is 11.7. The maximum absolute atomic E-state index is 11.2. The van der Waals surface area contributed by atoms with Crippen molar-refractivity contribution in [3.63, 3.8) is 0 Å². The first kappa shape index (κ1) is 14.3. The van der Waals surface area contributed by atoms with E-state index in [1.807, 2.05) is 38.1 Å². The Labute approximate surface area is 107 Å². The maximum Gasteiger partial charge on any atom is 0.315 e. The molecule has 100 valence electrons. The third kappa shape index (κ3) is 5.54. The molecule has 3 N–H and O–H groups in total. The zero-order chi connectivity index (χ0) is 13.4. The van der Waals surface area contributed by atoms with Crippen LogP contribution in [0.1, 0.15) is 12.5 Å². The minimum absolute atomic E-state index is 0.0666. The van der Waals surface area contributed by atoms with Gasteiger partial charge in [0, 0.05) is 6.54 Å². The van der Waals surface area contributed by atoms with Crippen molar-refractivity contribution in [2.75, 3.05) is 19.7 Å². The van der Waals surface area contributed by atoms with E-state index < -0.39 is 0 Å². The Morgan fingerprint density at radius 3 is 2.61 bits per heavy atom. The van der Waals surface area contributed by atoms with Gasteiger partial charge >= 0.3 is 6.03 Å². The summed E-state index contributed by atoms with van der Waals surface area (Å²) in [6.45, 7) is 4.49. The predicted molar refractivity (Wildman–Crippen MR) is 69.8 cm³/mol. The molecule has 0 spiro atoms. The zero-order valence-electron chi connectivity index (χ0n) is 10.8. The molecule has 1 aromatic carbocycles. The van der Waals surface area contributed by atoms with Crippen LogP contribution in [0.3, 0.4) is 0 Å². The lowest BCUT2D eigenvalue weighted by Gasteiger charge is -2.15. The van der Waals surface area contributed by atoms with Gasteiger partial charge in [-0.25, -0.2) is 4.79 Å². The highest BCUT2D eigenvalue weighted by molar-refractivity contribution is 5.73. The molecule has 0 saturated heterocycles. The fraction of sp³-hybridized carbons (Fsp3) is 0.462.